The number of hydrogen-bond acceptors (Lipinski definition) is 1. The van der Waals surface area contributed by atoms with Gasteiger partial charge in [-0.2, -0.15) is 0 Å². The summed E-state index contributed by atoms with van der Waals surface area (Å²) in [6.45, 7) is 2.49. The number of hydrogen-bond donors (Lipinski definition) is 2. The normalized spacial score (nSPS) is 37.3. The van der Waals surface area contributed by atoms with Gasteiger partial charge in [0.2, 0.25) is 0 Å². The number of rotatable bonds is 1. The maximum Gasteiger partial charge on any atom is 0.356 e. The molecule has 3 aliphatic carbocycles. The number of benzene rings is 1. The van der Waals surface area contributed by atoms with Gasteiger partial charge in [0.05, 0.1) is 5.30 Å². The Morgan fingerprint density at radius 3 is 2.77 bits per heavy atom. The Kier molecular flexibility index (Phi) is 3.35. The Bertz CT molecular complexity index is 650. The van der Waals surface area contributed by atoms with Crippen molar-refractivity contribution in [3.8, 4) is 0 Å². The first-order valence-corrected chi connectivity index (χ1v) is 10.2. The second-order valence-electron chi connectivity index (χ2n) is 7.93. The molecule has 0 saturated heterocycles. The van der Waals surface area contributed by atoms with Crippen molar-refractivity contribution < 1.29 is 14.4 Å². The van der Waals surface area contributed by atoms with E-state index < -0.39 is 7.60 Å². The highest BCUT2D eigenvalue weighted by Gasteiger charge is 2.50. The van der Waals surface area contributed by atoms with Gasteiger partial charge in [-0.05, 0) is 85.0 Å². The van der Waals surface area contributed by atoms with Gasteiger partial charge in [-0.25, -0.2) is 0 Å². The molecule has 0 radical (unpaired) electrons. The maximum atomic E-state index is 11.5. The van der Waals surface area contributed by atoms with E-state index in [-0.39, 0.29) is 5.30 Å². The van der Waals surface area contributed by atoms with Crippen LogP contribution in [0.25, 0.3) is 0 Å². The Morgan fingerprint density at radius 1 is 1.18 bits per heavy atom. The van der Waals surface area contributed by atoms with E-state index in [1.165, 1.54) is 49.7 Å². The topological polar surface area (TPSA) is 57.5 Å². The van der Waals surface area contributed by atoms with Gasteiger partial charge in [-0.3, -0.25) is 4.57 Å². The van der Waals surface area contributed by atoms with Crippen molar-refractivity contribution in [1.29, 1.82) is 0 Å². The molecule has 4 heteroatoms. The number of aryl methyl sites for hydroxylation is 1. The predicted molar refractivity (Wildman–Crippen MR) is 87.4 cm³/mol. The lowest BCUT2D eigenvalue weighted by Crippen LogP contribution is -2.39. The standard InChI is InChI=1S/C18H25O3P/c1-18-9-2-3-17(18)16-6-4-12-11-13(22(19,20)21)5-7-14(12)15(16)8-10-18/h5,7,11,15-17H,2-4,6,8-10H2,1H3,(H2,19,20,21)/t15?,16?,17?,18-/m0/s1. The highest BCUT2D eigenvalue weighted by Crippen LogP contribution is 2.60. The molecule has 0 aromatic heterocycles. The largest absolute Gasteiger partial charge is 0.356 e. The monoisotopic (exact) mass is 320 g/mol. The van der Waals surface area contributed by atoms with Crippen LogP contribution in [0.3, 0.4) is 0 Å². The molecule has 3 nitrogen and oxygen atoms in total. The van der Waals surface area contributed by atoms with Crippen LogP contribution < -0.4 is 5.30 Å². The molecule has 4 atom stereocenters. The molecule has 120 valence electrons. The average Bonchev–Trinajstić information content (AvgIpc) is 2.87. The Labute approximate surface area is 132 Å². The van der Waals surface area contributed by atoms with E-state index in [1.807, 2.05) is 6.07 Å². The van der Waals surface area contributed by atoms with Crippen LogP contribution in [0.2, 0.25) is 0 Å². The van der Waals surface area contributed by atoms with Crippen LogP contribution in [0.4, 0.5) is 0 Å². The smallest absolute Gasteiger partial charge is 0.321 e. The molecule has 4 rings (SSSR count). The van der Waals surface area contributed by atoms with Crippen LogP contribution in [0.5, 0.6) is 0 Å². The summed E-state index contributed by atoms with van der Waals surface area (Å²) in [5, 5.41) is 0.186. The summed E-state index contributed by atoms with van der Waals surface area (Å²) in [5.41, 5.74) is 3.12. The van der Waals surface area contributed by atoms with Gasteiger partial charge in [0, 0.05) is 0 Å². The molecule has 2 saturated carbocycles. The Balaban J connectivity index is 1.70. The zero-order valence-electron chi connectivity index (χ0n) is 13.2. The van der Waals surface area contributed by atoms with Gasteiger partial charge in [-0.1, -0.05) is 19.4 Å². The molecule has 1 aromatic rings. The lowest BCUT2D eigenvalue weighted by molar-refractivity contribution is 0.0599. The third-order valence-corrected chi connectivity index (χ3v) is 7.78. The molecular formula is C18H25O3P. The first-order chi connectivity index (χ1) is 10.4. The molecule has 0 bridgehead atoms. The Hall–Kier alpha value is -0.630. The van der Waals surface area contributed by atoms with Crippen molar-refractivity contribution in [3.63, 3.8) is 0 Å². The van der Waals surface area contributed by atoms with E-state index in [1.54, 1.807) is 12.1 Å². The van der Waals surface area contributed by atoms with E-state index in [9.17, 15) is 14.4 Å². The molecule has 1 aromatic carbocycles. The molecular weight excluding hydrogens is 295 g/mol. The predicted octanol–water partition coefficient (Wildman–Crippen LogP) is 3.74. The van der Waals surface area contributed by atoms with E-state index in [0.29, 0.717) is 11.3 Å². The molecule has 0 aliphatic heterocycles. The maximum absolute atomic E-state index is 11.5. The van der Waals surface area contributed by atoms with Gasteiger partial charge in [0.15, 0.2) is 0 Å². The lowest BCUT2D eigenvalue weighted by atomic mass is 9.56. The molecule has 0 amide bonds. The van der Waals surface area contributed by atoms with Crippen LogP contribution >= 0.6 is 7.60 Å². The van der Waals surface area contributed by atoms with Crippen molar-refractivity contribution in [2.24, 2.45) is 17.3 Å². The minimum atomic E-state index is -4.13. The summed E-state index contributed by atoms with van der Waals surface area (Å²) in [4.78, 5) is 18.8. The molecule has 3 unspecified atom stereocenters. The molecule has 22 heavy (non-hydrogen) atoms. The lowest BCUT2D eigenvalue weighted by Gasteiger charge is -2.49. The molecule has 3 aliphatic rings. The fraction of sp³-hybridized carbons (Fsp3) is 0.667. The highest BCUT2D eigenvalue weighted by atomic mass is 31.2. The van der Waals surface area contributed by atoms with Gasteiger partial charge >= 0.3 is 7.60 Å². The summed E-state index contributed by atoms with van der Waals surface area (Å²) >= 11 is 0. The third kappa shape index (κ3) is 2.21. The fourth-order valence-electron chi connectivity index (χ4n) is 5.74. The summed E-state index contributed by atoms with van der Waals surface area (Å²) in [6.07, 6.45) is 8.91. The SMILES string of the molecule is C[C@@]12CCCC1C1CCc3cc(P(=O)(O)O)ccc3C1CC2. The minimum absolute atomic E-state index is 0.186. The zero-order chi connectivity index (χ0) is 15.5. The molecule has 0 spiro atoms. The van der Waals surface area contributed by atoms with Crippen molar-refractivity contribution >= 4 is 12.9 Å². The quantitative estimate of drug-likeness (QED) is 0.775. The summed E-state index contributed by atoms with van der Waals surface area (Å²) in [5.74, 6) is 2.27. The van der Waals surface area contributed by atoms with Crippen LogP contribution in [0.15, 0.2) is 18.2 Å². The second kappa shape index (κ2) is 4.93. The van der Waals surface area contributed by atoms with E-state index >= 15 is 0 Å². The van der Waals surface area contributed by atoms with Gasteiger partial charge < -0.3 is 9.79 Å². The Morgan fingerprint density at radius 2 is 2.00 bits per heavy atom. The minimum Gasteiger partial charge on any atom is -0.321 e. The summed E-state index contributed by atoms with van der Waals surface area (Å²) in [7, 11) is -4.13. The van der Waals surface area contributed by atoms with Crippen LogP contribution in [0, 0.1) is 17.3 Å². The molecule has 2 fully saturated rings. The van der Waals surface area contributed by atoms with Gasteiger partial charge in [0.1, 0.15) is 0 Å². The summed E-state index contributed by atoms with van der Waals surface area (Å²) in [6, 6.07) is 5.44. The van der Waals surface area contributed by atoms with E-state index in [2.05, 4.69) is 6.92 Å². The van der Waals surface area contributed by atoms with Crippen LogP contribution in [-0.4, -0.2) is 9.79 Å². The number of fused-ring (bicyclic) bond motifs is 5. The van der Waals surface area contributed by atoms with Crippen molar-refractivity contribution in [2.75, 3.05) is 0 Å². The fourth-order valence-corrected chi connectivity index (χ4v) is 6.34. The second-order valence-corrected chi connectivity index (χ2v) is 9.53. The van der Waals surface area contributed by atoms with Crippen LogP contribution in [0.1, 0.15) is 62.5 Å². The zero-order valence-corrected chi connectivity index (χ0v) is 14.1. The average molecular weight is 320 g/mol. The van der Waals surface area contributed by atoms with Gasteiger partial charge in [-0.15, -0.1) is 0 Å². The highest BCUT2D eigenvalue weighted by molar-refractivity contribution is 7.60. The van der Waals surface area contributed by atoms with Crippen molar-refractivity contribution in [1.82, 2.24) is 0 Å². The van der Waals surface area contributed by atoms with Crippen LogP contribution in [-0.2, 0) is 11.0 Å². The molecule has 2 N–H and O–H groups in total. The van der Waals surface area contributed by atoms with Crippen molar-refractivity contribution in [2.45, 2.75) is 57.8 Å². The van der Waals surface area contributed by atoms with Gasteiger partial charge in [0.25, 0.3) is 0 Å². The molecule has 0 heterocycles. The first-order valence-electron chi connectivity index (χ1n) is 8.57. The summed E-state index contributed by atoms with van der Waals surface area (Å²) < 4.78 is 11.5. The third-order valence-electron chi connectivity index (χ3n) is 6.83. The van der Waals surface area contributed by atoms with E-state index in [4.69, 9.17) is 0 Å². The first kappa shape index (κ1) is 14.9. The van der Waals surface area contributed by atoms with E-state index in [0.717, 1.165) is 18.3 Å². The van der Waals surface area contributed by atoms with Crippen molar-refractivity contribution in [3.05, 3.63) is 29.3 Å².